The second-order valence-electron chi connectivity index (χ2n) is 5.72. The van der Waals surface area contributed by atoms with Crippen molar-refractivity contribution in [1.29, 1.82) is 0 Å². The van der Waals surface area contributed by atoms with Crippen LogP contribution in [0.4, 0.5) is 0 Å². The van der Waals surface area contributed by atoms with Crippen molar-refractivity contribution in [2.24, 2.45) is 5.41 Å². The highest BCUT2D eigenvalue weighted by molar-refractivity contribution is 4.90. The van der Waals surface area contributed by atoms with Crippen LogP contribution in [-0.4, -0.2) is 49.3 Å². The van der Waals surface area contributed by atoms with Gasteiger partial charge in [0.2, 0.25) is 0 Å². The lowest BCUT2D eigenvalue weighted by atomic mass is 9.77. The molecule has 1 aliphatic heterocycles. The minimum Gasteiger partial charge on any atom is -0.390 e. The number of hydrogen-bond acceptors (Lipinski definition) is 3. The lowest BCUT2D eigenvalue weighted by Gasteiger charge is -2.40. The molecule has 2 rings (SSSR count). The quantitative estimate of drug-likeness (QED) is 0.756. The van der Waals surface area contributed by atoms with Crippen molar-refractivity contribution in [3.63, 3.8) is 0 Å². The van der Waals surface area contributed by atoms with E-state index in [1.807, 2.05) is 7.05 Å². The topological polar surface area (TPSA) is 35.5 Å². The summed E-state index contributed by atoms with van der Waals surface area (Å²) < 4.78 is 0. The van der Waals surface area contributed by atoms with Gasteiger partial charge in [-0.25, -0.2) is 0 Å². The van der Waals surface area contributed by atoms with Crippen molar-refractivity contribution in [2.75, 3.05) is 33.2 Å². The average Bonchev–Trinajstić information content (AvgIpc) is 2.71. The Morgan fingerprint density at radius 1 is 1.19 bits per heavy atom. The van der Waals surface area contributed by atoms with Gasteiger partial charge in [-0.1, -0.05) is 12.8 Å². The number of hydrogen-bond donors (Lipinski definition) is 2. The molecule has 1 unspecified atom stereocenters. The fourth-order valence-electron chi connectivity index (χ4n) is 3.43. The fourth-order valence-corrected chi connectivity index (χ4v) is 3.43. The molecule has 0 aromatic carbocycles. The average molecular weight is 226 g/mol. The first-order valence-corrected chi connectivity index (χ1v) is 6.79. The van der Waals surface area contributed by atoms with Crippen LogP contribution < -0.4 is 5.32 Å². The zero-order valence-corrected chi connectivity index (χ0v) is 10.5. The second-order valence-corrected chi connectivity index (χ2v) is 5.72. The molecule has 0 aromatic rings. The summed E-state index contributed by atoms with van der Waals surface area (Å²) in [6.07, 6.45) is 8.32. The molecule has 1 saturated heterocycles. The lowest BCUT2D eigenvalue weighted by Crippen LogP contribution is -2.44. The van der Waals surface area contributed by atoms with E-state index in [-0.39, 0.29) is 6.10 Å². The minimum atomic E-state index is -0.206. The van der Waals surface area contributed by atoms with Crippen molar-refractivity contribution in [3.05, 3.63) is 0 Å². The molecule has 1 saturated carbocycles. The smallest absolute Gasteiger partial charge is 0.0791 e. The molecule has 2 fully saturated rings. The van der Waals surface area contributed by atoms with Crippen molar-refractivity contribution in [2.45, 2.75) is 44.6 Å². The minimum absolute atomic E-state index is 0.206. The van der Waals surface area contributed by atoms with E-state index >= 15 is 0 Å². The van der Waals surface area contributed by atoms with Crippen LogP contribution in [0.5, 0.6) is 0 Å². The molecule has 1 aliphatic carbocycles. The van der Waals surface area contributed by atoms with Gasteiger partial charge in [0.25, 0.3) is 0 Å². The van der Waals surface area contributed by atoms with Crippen molar-refractivity contribution < 1.29 is 5.11 Å². The highest BCUT2D eigenvalue weighted by Gasteiger charge is 2.36. The Kier molecular flexibility index (Phi) is 4.22. The van der Waals surface area contributed by atoms with E-state index in [1.165, 1.54) is 51.6 Å². The maximum atomic E-state index is 9.75. The first kappa shape index (κ1) is 12.3. The summed E-state index contributed by atoms with van der Waals surface area (Å²) in [6.45, 7) is 3.94. The van der Waals surface area contributed by atoms with E-state index in [1.54, 1.807) is 0 Å². The monoisotopic (exact) mass is 226 g/mol. The Morgan fingerprint density at radius 2 is 1.81 bits per heavy atom. The molecule has 94 valence electrons. The van der Waals surface area contributed by atoms with Gasteiger partial charge in [0, 0.05) is 13.1 Å². The van der Waals surface area contributed by atoms with Crippen LogP contribution in [0.25, 0.3) is 0 Å². The Balaban J connectivity index is 1.72. The number of nitrogens with one attached hydrogen (secondary N) is 1. The molecule has 0 bridgehead atoms. The van der Waals surface area contributed by atoms with E-state index in [4.69, 9.17) is 0 Å². The van der Waals surface area contributed by atoms with Crippen LogP contribution in [0, 0.1) is 5.41 Å². The van der Waals surface area contributed by atoms with Crippen LogP contribution in [0.3, 0.4) is 0 Å². The third-order valence-corrected chi connectivity index (χ3v) is 4.49. The largest absolute Gasteiger partial charge is 0.390 e. The van der Waals surface area contributed by atoms with Crippen molar-refractivity contribution in [3.8, 4) is 0 Å². The predicted octanol–water partition coefficient (Wildman–Crippen LogP) is 1.22. The van der Waals surface area contributed by atoms with Gasteiger partial charge in [0.1, 0.15) is 0 Å². The van der Waals surface area contributed by atoms with Crippen LogP contribution >= 0.6 is 0 Å². The summed E-state index contributed by atoms with van der Waals surface area (Å²) in [5.41, 5.74) is 0.699. The van der Waals surface area contributed by atoms with Gasteiger partial charge in [-0.05, 0) is 51.2 Å². The summed E-state index contributed by atoms with van der Waals surface area (Å²) in [6, 6.07) is 0. The van der Waals surface area contributed by atoms with Gasteiger partial charge in [0.05, 0.1) is 6.10 Å². The van der Waals surface area contributed by atoms with E-state index in [2.05, 4.69) is 10.2 Å². The molecule has 2 aliphatic rings. The molecule has 0 aromatic heterocycles. The first-order chi connectivity index (χ1) is 7.74. The molecule has 1 atom stereocenters. The molecule has 3 nitrogen and oxygen atoms in total. The SMILES string of the molecule is CNCC(O)CN1CCC2(CCCC2)CC1. The number of likely N-dealkylation sites (N-methyl/N-ethyl adjacent to an activating group) is 1. The van der Waals surface area contributed by atoms with Gasteiger partial charge in [-0.3, -0.25) is 0 Å². The maximum Gasteiger partial charge on any atom is 0.0791 e. The number of aliphatic hydroxyl groups is 1. The van der Waals surface area contributed by atoms with Gasteiger partial charge in [-0.2, -0.15) is 0 Å². The normalized spacial score (nSPS) is 27.4. The van der Waals surface area contributed by atoms with Crippen LogP contribution in [0.1, 0.15) is 38.5 Å². The summed E-state index contributed by atoms with van der Waals surface area (Å²) >= 11 is 0. The van der Waals surface area contributed by atoms with E-state index in [0.29, 0.717) is 12.0 Å². The highest BCUT2D eigenvalue weighted by Crippen LogP contribution is 2.45. The lowest BCUT2D eigenvalue weighted by molar-refractivity contribution is 0.0606. The van der Waals surface area contributed by atoms with E-state index in [9.17, 15) is 5.11 Å². The summed E-state index contributed by atoms with van der Waals surface area (Å²) in [7, 11) is 1.90. The first-order valence-electron chi connectivity index (χ1n) is 6.79. The van der Waals surface area contributed by atoms with E-state index < -0.39 is 0 Å². The Labute approximate surface area is 99.2 Å². The Hall–Kier alpha value is -0.120. The Bertz CT molecular complexity index is 204. The third kappa shape index (κ3) is 2.96. The highest BCUT2D eigenvalue weighted by atomic mass is 16.3. The number of rotatable bonds is 4. The molecule has 2 N–H and O–H groups in total. The van der Waals surface area contributed by atoms with Crippen LogP contribution in [0.15, 0.2) is 0 Å². The number of piperidine rings is 1. The van der Waals surface area contributed by atoms with Gasteiger partial charge >= 0.3 is 0 Å². The van der Waals surface area contributed by atoms with E-state index in [0.717, 1.165) is 6.54 Å². The number of nitrogens with zero attached hydrogens (tertiary/aromatic N) is 1. The third-order valence-electron chi connectivity index (χ3n) is 4.49. The molecule has 16 heavy (non-hydrogen) atoms. The van der Waals surface area contributed by atoms with Gasteiger partial charge in [0.15, 0.2) is 0 Å². The molecule has 1 spiro atoms. The number of β-amino-alcohol motifs (C(OH)–C–C–N with tert-alkyl or cyclic N) is 1. The molecule has 0 radical (unpaired) electrons. The number of aliphatic hydroxyl groups excluding tert-OH is 1. The maximum absolute atomic E-state index is 9.75. The Morgan fingerprint density at radius 3 is 2.38 bits per heavy atom. The molecular weight excluding hydrogens is 200 g/mol. The zero-order chi connectivity index (χ0) is 11.4. The predicted molar refractivity (Wildman–Crippen MR) is 66.5 cm³/mol. The summed E-state index contributed by atoms with van der Waals surface area (Å²) in [5, 5.41) is 12.8. The molecular formula is C13H26N2O. The van der Waals surface area contributed by atoms with Crippen molar-refractivity contribution >= 4 is 0 Å². The second kappa shape index (κ2) is 5.48. The molecule has 0 amide bonds. The summed E-state index contributed by atoms with van der Waals surface area (Å²) in [5.74, 6) is 0. The fraction of sp³-hybridized carbons (Fsp3) is 1.00. The standard InChI is InChI=1S/C13H26N2O/c1-14-10-12(16)11-15-8-6-13(7-9-15)4-2-3-5-13/h12,14,16H,2-11H2,1H3. The van der Waals surface area contributed by atoms with Crippen molar-refractivity contribution in [1.82, 2.24) is 10.2 Å². The zero-order valence-electron chi connectivity index (χ0n) is 10.5. The molecule has 1 heterocycles. The van der Waals surface area contributed by atoms with Crippen LogP contribution in [0.2, 0.25) is 0 Å². The van der Waals surface area contributed by atoms with Gasteiger partial charge in [-0.15, -0.1) is 0 Å². The summed E-state index contributed by atoms with van der Waals surface area (Å²) in [4.78, 5) is 2.44. The molecule has 3 heteroatoms. The van der Waals surface area contributed by atoms with Gasteiger partial charge < -0.3 is 15.3 Å². The van der Waals surface area contributed by atoms with Crippen LogP contribution in [-0.2, 0) is 0 Å². The number of likely N-dealkylation sites (tertiary alicyclic amines) is 1.